The van der Waals surface area contributed by atoms with Gasteiger partial charge in [0.2, 0.25) is 0 Å². The monoisotopic (exact) mass is 255 g/mol. The van der Waals surface area contributed by atoms with Gasteiger partial charge in [-0.25, -0.2) is 4.98 Å². The Labute approximate surface area is 107 Å². The van der Waals surface area contributed by atoms with Crippen molar-refractivity contribution in [3.05, 3.63) is 23.4 Å². The van der Waals surface area contributed by atoms with Gasteiger partial charge < -0.3 is 10.0 Å². The van der Waals surface area contributed by atoms with Crippen LogP contribution in [0.4, 0.5) is 5.82 Å². The Morgan fingerprint density at radius 1 is 1.29 bits per heavy atom. The summed E-state index contributed by atoms with van der Waals surface area (Å²) in [6.45, 7) is 5.15. The molecular formula is C12H18ClN3O. The van der Waals surface area contributed by atoms with E-state index in [0.717, 1.165) is 50.0 Å². The molecule has 17 heavy (non-hydrogen) atoms. The lowest BCUT2D eigenvalue weighted by molar-refractivity contribution is 0.215. The molecule has 1 aliphatic rings. The molecule has 1 saturated heterocycles. The first-order valence-electron chi connectivity index (χ1n) is 6.00. The zero-order chi connectivity index (χ0) is 12.1. The van der Waals surface area contributed by atoms with Crippen molar-refractivity contribution in [2.75, 3.05) is 44.2 Å². The number of piperazine rings is 1. The van der Waals surface area contributed by atoms with E-state index in [0.29, 0.717) is 0 Å². The molecular weight excluding hydrogens is 238 g/mol. The van der Waals surface area contributed by atoms with Crippen LogP contribution in [0.15, 0.2) is 18.3 Å². The largest absolute Gasteiger partial charge is 0.396 e. The molecule has 0 aliphatic carbocycles. The number of aliphatic hydroxyl groups is 1. The van der Waals surface area contributed by atoms with E-state index in [1.807, 2.05) is 12.1 Å². The smallest absolute Gasteiger partial charge is 0.147 e. The highest BCUT2D eigenvalue weighted by atomic mass is 35.5. The van der Waals surface area contributed by atoms with E-state index >= 15 is 0 Å². The zero-order valence-electron chi connectivity index (χ0n) is 9.85. The second-order valence-electron chi connectivity index (χ2n) is 4.21. The van der Waals surface area contributed by atoms with Crippen LogP contribution < -0.4 is 4.90 Å². The maximum absolute atomic E-state index is 8.80. The fraction of sp³-hybridized carbons (Fsp3) is 0.583. The number of nitrogens with zero attached hydrogens (tertiary/aromatic N) is 3. The molecule has 4 nitrogen and oxygen atoms in total. The Kier molecular flexibility index (Phi) is 4.59. The van der Waals surface area contributed by atoms with Crippen molar-refractivity contribution >= 4 is 17.4 Å². The Morgan fingerprint density at radius 2 is 2.06 bits per heavy atom. The fourth-order valence-electron chi connectivity index (χ4n) is 2.09. The molecule has 0 aromatic carbocycles. The van der Waals surface area contributed by atoms with Crippen molar-refractivity contribution in [1.29, 1.82) is 0 Å². The number of hydrogen-bond donors (Lipinski definition) is 1. The molecule has 0 spiro atoms. The Hall–Kier alpha value is -0.840. The van der Waals surface area contributed by atoms with Gasteiger partial charge in [-0.05, 0) is 18.6 Å². The predicted molar refractivity (Wildman–Crippen MR) is 69.6 cm³/mol. The first-order chi connectivity index (χ1) is 8.31. The SMILES string of the molecule is OCCCN1CCN(c2ncccc2Cl)CC1. The molecule has 1 aromatic heterocycles. The average Bonchev–Trinajstić information content (AvgIpc) is 2.38. The van der Waals surface area contributed by atoms with E-state index < -0.39 is 0 Å². The molecule has 1 fully saturated rings. The maximum Gasteiger partial charge on any atom is 0.147 e. The van der Waals surface area contributed by atoms with Gasteiger partial charge in [0, 0.05) is 45.5 Å². The van der Waals surface area contributed by atoms with Crippen molar-refractivity contribution < 1.29 is 5.11 Å². The van der Waals surface area contributed by atoms with Gasteiger partial charge in [0.05, 0.1) is 5.02 Å². The van der Waals surface area contributed by atoms with E-state index in [4.69, 9.17) is 16.7 Å². The number of anilines is 1. The summed E-state index contributed by atoms with van der Waals surface area (Å²) < 4.78 is 0. The number of aliphatic hydroxyl groups excluding tert-OH is 1. The van der Waals surface area contributed by atoms with Crippen molar-refractivity contribution in [3.8, 4) is 0 Å². The van der Waals surface area contributed by atoms with E-state index in [1.165, 1.54) is 0 Å². The molecule has 0 atom stereocenters. The molecule has 5 heteroatoms. The molecule has 1 aliphatic heterocycles. The number of pyridine rings is 1. The summed E-state index contributed by atoms with van der Waals surface area (Å²) in [5, 5.41) is 9.52. The summed E-state index contributed by atoms with van der Waals surface area (Å²) in [5.74, 6) is 0.885. The highest BCUT2D eigenvalue weighted by Crippen LogP contribution is 2.23. The zero-order valence-corrected chi connectivity index (χ0v) is 10.6. The van der Waals surface area contributed by atoms with Gasteiger partial charge >= 0.3 is 0 Å². The van der Waals surface area contributed by atoms with Gasteiger partial charge in [0.15, 0.2) is 0 Å². The molecule has 0 bridgehead atoms. The molecule has 2 heterocycles. The molecule has 94 valence electrons. The maximum atomic E-state index is 8.80. The lowest BCUT2D eigenvalue weighted by atomic mass is 10.3. The van der Waals surface area contributed by atoms with Crippen molar-refractivity contribution in [2.45, 2.75) is 6.42 Å². The Balaban J connectivity index is 1.89. The quantitative estimate of drug-likeness (QED) is 0.879. The minimum atomic E-state index is 0.270. The molecule has 1 N–H and O–H groups in total. The van der Waals surface area contributed by atoms with Gasteiger partial charge in [0.25, 0.3) is 0 Å². The van der Waals surface area contributed by atoms with Crippen LogP contribution in [-0.2, 0) is 0 Å². The summed E-state index contributed by atoms with van der Waals surface area (Å²) in [5.41, 5.74) is 0. The number of hydrogen-bond acceptors (Lipinski definition) is 4. The fourth-order valence-corrected chi connectivity index (χ4v) is 2.33. The van der Waals surface area contributed by atoms with Gasteiger partial charge in [-0.3, -0.25) is 4.90 Å². The highest BCUT2D eigenvalue weighted by molar-refractivity contribution is 6.32. The summed E-state index contributed by atoms with van der Waals surface area (Å²) >= 11 is 6.13. The van der Waals surface area contributed by atoms with E-state index in [1.54, 1.807) is 6.20 Å². The van der Waals surface area contributed by atoms with Crippen molar-refractivity contribution in [3.63, 3.8) is 0 Å². The first-order valence-corrected chi connectivity index (χ1v) is 6.38. The Bertz CT molecular complexity index is 353. The van der Waals surface area contributed by atoms with Gasteiger partial charge in [-0.1, -0.05) is 11.6 Å². The van der Waals surface area contributed by atoms with Crippen LogP contribution in [0.25, 0.3) is 0 Å². The van der Waals surface area contributed by atoms with Gasteiger partial charge in [0.1, 0.15) is 5.82 Å². The number of halogens is 1. The second-order valence-corrected chi connectivity index (χ2v) is 4.62. The van der Waals surface area contributed by atoms with Crippen molar-refractivity contribution in [2.24, 2.45) is 0 Å². The van der Waals surface area contributed by atoms with Gasteiger partial charge in [-0.2, -0.15) is 0 Å². The second kappa shape index (κ2) is 6.19. The van der Waals surface area contributed by atoms with Crippen LogP contribution in [-0.4, -0.2) is 54.3 Å². The van der Waals surface area contributed by atoms with Crippen LogP contribution in [0, 0.1) is 0 Å². The summed E-state index contributed by atoms with van der Waals surface area (Å²) in [6.07, 6.45) is 2.63. The molecule has 2 rings (SSSR count). The van der Waals surface area contributed by atoms with Crippen molar-refractivity contribution in [1.82, 2.24) is 9.88 Å². The highest BCUT2D eigenvalue weighted by Gasteiger charge is 2.18. The third-order valence-electron chi connectivity index (χ3n) is 3.04. The topological polar surface area (TPSA) is 39.6 Å². The van der Waals surface area contributed by atoms with Crippen LogP contribution >= 0.6 is 11.6 Å². The molecule has 0 unspecified atom stereocenters. The summed E-state index contributed by atoms with van der Waals surface area (Å²) in [7, 11) is 0. The minimum Gasteiger partial charge on any atom is -0.396 e. The first kappa shape index (κ1) is 12.6. The molecule has 0 amide bonds. The average molecular weight is 256 g/mol. The predicted octanol–water partition coefficient (Wildman–Crippen LogP) is 1.24. The van der Waals surface area contributed by atoms with E-state index in [-0.39, 0.29) is 6.61 Å². The van der Waals surface area contributed by atoms with Crippen LogP contribution in [0.1, 0.15) is 6.42 Å². The van der Waals surface area contributed by atoms with E-state index in [2.05, 4.69) is 14.8 Å². The summed E-state index contributed by atoms with van der Waals surface area (Å²) in [6, 6.07) is 3.73. The molecule has 0 radical (unpaired) electrons. The minimum absolute atomic E-state index is 0.270. The molecule has 1 aromatic rings. The Morgan fingerprint density at radius 3 is 2.71 bits per heavy atom. The van der Waals surface area contributed by atoms with Crippen LogP contribution in [0.2, 0.25) is 5.02 Å². The lowest BCUT2D eigenvalue weighted by Gasteiger charge is -2.35. The lowest BCUT2D eigenvalue weighted by Crippen LogP contribution is -2.47. The van der Waals surface area contributed by atoms with Crippen LogP contribution in [0.5, 0.6) is 0 Å². The third-order valence-corrected chi connectivity index (χ3v) is 3.34. The van der Waals surface area contributed by atoms with Gasteiger partial charge in [-0.15, -0.1) is 0 Å². The van der Waals surface area contributed by atoms with E-state index in [9.17, 15) is 0 Å². The summed E-state index contributed by atoms with van der Waals surface area (Å²) in [4.78, 5) is 8.91. The normalized spacial score (nSPS) is 17.4. The van der Waals surface area contributed by atoms with Crippen LogP contribution in [0.3, 0.4) is 0 Å². The third kappa shape index (κ3) is 3.31. The number of rotatable bonds is 4. The number of aromatic nitrogens is 1. The molecule has 0 saturated carbocycles. The standard InChI is InChI=1S/C12H18ClN3O/c13-11-3-1-4-14-12(11)16-8-6-15(7-9-16)5-2-10-17/h1,3-4,17H,2,5-10H2.